The molecule has 1 fully saturated rings. The van der Waals surface area contributed by atoms with Gasteiger partial charge in [-0.25, -0.2) is 0 Å². The van der Waals surface area contributed by atoms with Gasteiger partial charge in [0.15, 0.2) is 5.78 Å². The van der Waals surface area contributed by atoms with Crippen LogP contribution in [0.5, 0.6) is 0 Å². The zero-order valence-electron chi connectivity index (χ0n) is 14.2. The Hall–Kier alpha value is -1.71. The van der Waals surface area contributed by atoms with Crippen molar-refractivity contribution in [2.45, 2.75) is 44.6 Å². The van der Waals surface area contributed by atoms with Gasteiger partial charge >= 0.3 is 6.18 Å². The lowest BCUT2D eigenvalue weighted by molar-refractivity contribution is -0.156. The van der Waals surface area contributed by atoms with Crippen LogP contribution in [0, 0.1) is 12.8 Å². The van der Waals surface area contributed by atoms with Crippen molar-refractivity contribution in [1.29, 1.82) is 0 Å². The molecule has 2 aromatic rings. The SMILES string of the molecule is CO[C@H]1CCC(C(=O)c2ccc(-c3noc(C(F)(F)F)c3C)s2)C[C@H]1O. The molecule has 0 spiro atoms. The molecule has 3 atom stereocenters. The van der Waals surface area contributed by atoms with Crippen LogP contribution in [0.15, 0.2) is 16.7 Å². The number of methoxy groups -OCH3 is 1. The summed E-state index contributed by atoms with van der Waals surface area (Å²) in [4.78, 5) is 13.5. The highest BCUT2D eigenvalue weighted by molar-refractivity contribution is 7.17. The Balaban J connectivity index is 1.78. The van der Waals surface area contributed by atoms with E-state index in [9.17, 15) is 23.1 Å². The number of halogens is 3. The van der Waals surface area contributed by atoms with Gasteiger partial charge in [-0.15, -0.1) is 11.3 Å². The van der Waals surface area contributed by atoms with E-state index in [0.29, 0.717) is 29.0 Å². The van der Waals surface area contributed by atoms with E-state index in [0.717, 1.165) is 11.3 Å². The highest BCUT2D eigenvalue weighted by Crippen LogP contribution is 2.39. The third kappa shape index (κ3) is 3.56. The smallest absolute Gasteiger partial charge is 0.390 e. The molecule has 0 amide bonds. The average molecular weight is 389 g/mol. The lowest BCUT2D eigenvalue weighted by Gasteiger charge is -2.31. The topological polar surface area (TPSA) is 72.6 Å². The summed E-state index contributed by atoms with van der Waals surface area (Å²) >= 11 is 1.08. The van der Waals surface area contributed by atoms with E-state index < -0.39 is 18.0 Å². The van der Waals surface area contributed by atoms with Crippen molar-refractivity contribution in [2.24, 2.45) is 5.92 Å². The number of aliphatic hydroxyl groups is 1. The Morgan fingerprint density at radius 2 is 2.12 bits per heavy atom. The van der Waals surface area contributed by atoms with E-state index in [1.807, 2.05) is 0 Å². The van der Waals surface area contributed by atoms with Gasteiger partial charge in [0.05, 0.1) is 22.0 Å². The van der Waals surface area contributed by atoms with Crippen LogP contribution in [-0.4, -0.2) is 35.4 Å². The van der Waals surface area contributed by atoms with E-state index in [-0.39, 0.29) is 29.1 Å². The molecule has 1 N–H and O–H groups in total. The molecule has 1 unspecified atom stereocenters. The van der Waals surface area contributed by atoms with E-state index >= 15 is 0 Å². The number of hydrogen-bond donors (Lipinski definition) is 1. The van der Waals surface area contributed by atoms with E-state index in [4.69, 9.17) is 4.74 Å². The minimum atomic E-state index is -4.61. The lowest BCUT2D eigenvalue weighted by atomic mass is 9.82. The molecule has 2 heterocycles. The summed E-state index contributed by atoms with van der Waals surface area (Å²) in [5.74, 6) is -1.58. The van der Waals surface area contributed by atoms with Crippen molar-refractivity contribution in [1.82, 2.24) is 5.16 Å². The molecule has 0 aromatic carbocycles. The molecule has 26 heavy (non-hydrogen) atoms. The number of Topliss-reactive ketones (excluding diaryl/α,β-unsaturated/α-hetero) is 1. The number of nitrogens with zero attached hydrogens (tertiary/aromatic N) is 1. The van der Waals surface area contributed by atoms with Gasteiger partial charge in [-0.3, -0.25) is 4.79 Å². The Morgan fingerprint density at radius 1 is 1.38 bits per heavy atom. The molecule has 0 radical (unpaired) electrons. The zero-order chi connectivity index (χ0) is 19.1. The highest BCUT2D eigenvalue weighted by atomic mass is 32.1. The summed E-state index contributed by atoms with van der Waals surface area (Å²) in [6.45, 7) is 1.29. The number of carbonyl (C=O) groups excluding carboxylic acids is 1. The van der Waals surface area contributed by atoms with Gasteiger partial charge in [0, 0.05) is 18.6 Å². The van der Waals surface area contributed by atoms with Gasteiger partial charge in [0.1, 0.15) is 5.69 Å². The van der Waals surface area contributed by atoms with Crippen molar-refractivity contribution in [3.8, 4) is 10.6 Å². The molecule has 1 aliphatic rings. The fourth-order valence-corrected chi connectivity index (χ4v) is 4.32. The number of hydrogen-bond acceptors (Lipinski definition) is 6. The average Bonchev–Trinajstić information content (AvgIpc) is 3.20. The second-order valence-corrected chi connectivity index (χ2v) is 7.45. The fourth-order valence-electron chi connectivity index (χ4n) is 3.26. The lowest BCUT2D eigenvalue weighted by Crippen LogP contribution is -2.37. The Kier molecular flexibility index (Phi) is 5.23. The van der Waals surface area contributed by atoms with Crippen LogP contribution in [0.2, 0.25) is 0 Å². The van der Waals surface area contributed by atoms with Crippen molar-refractivity contribution >= 4 is 17.1 Å². The first-order chi connectivity index (χ1) is 12.2. The maximum Gasteiger partial charge on any atom is 0.452 e. The van der Waals surface area contributed by atoms with Gasteiger partial charge < -0.3 is 14.4 Å². The van der Waals surface area contributed by atoms with Gasteiger partial charge in [-0.1, -0.05) is 5.16 Å². The summed E-state index contributed by atoms with van der Waals surface area (Å²) in [5.41, 5.74) is -0.0149. The first-order valence-electron chi connectivity index (χ1n) is 8.11. The third-order valence-electron chi connectivity index (χ3n) is 4.69. The molecule has 1 aliphatic carbocycles. The number of ketones is 1. The highest BCUT2D eigenvalue weighted by Gasteiger charge is 2.39. The predicted molar refractivity (Wildman–Crippen MR) is 88.0 cm³/mol. The molecule has 2 aromatic heterocycles. The van der Waals surface area contributed by atoms with Gasteiger partial charge in [0.2, 0.25) is 5.76 Å². The molecule has 5 nitrogen and oxygen atoms in total. The minimum Gasteiger partial charge on any atom is -0.390 e. The summed E-state index contributed by atoms with van der Waals surface area (Å²) in [7, 11) is 1.52. The van der Waals surface area contributed by atoms with Gasteiger partial charge in [-0.05, 0) is 38.3 Å². The Morgan fingerprint density at radius 3 is 2.69 bits per heavy atom. The Labute approximate surface area is 151 Å². The largest absolute Gasteiger partial charge is 0.452 e. The van der Waals surface area contributed by atoms with Gasteiger partial charge in [-0.2, -0.15) is 13.2 Å². The number of rotatable bonds is 4. The summed E-state index contributed by atoms with van der Waals surface area (Å²) < 4.78 is 48.1. The van der Waals surface area contributed by atoms with Crippen molar-refractivity contribution in [2.75, 3.05) is 7.11 Å². The van der Waals surface area contributed by atoms with Crippen LogP contribution in [0.3, 0.4) is 0 Å². The van der Waals surface area contributed by atoms with Crippen LogP contribution in [0.25, 0.3) is 10.6 Å². The number of ether oxygens (including phenoxy) is 1. The first-order valence-corrected chi connectivity index (χ1v) is 8.92. The quantitative estimate of drug-likeness (QED) is 0.798. The molecule has 1 saturated carbocycles. The van der Waals surface area contributed by atoms with Gasteiger partial charge in [0.25, 0.3) is 0 Å². The number of thiophene rings is 1. The molecule has 3 rings (SSSR count). The van der Waals surface area contributed by atoms with E-state index in [2.05, 4.69) is 9.68 Å². The zero-order valence-corrected chi connectivity index (χ0v) is 15.0. The molecular formula is C17H18F3NO4S. The number of carbonyl (C=O) groups is 1. The van der Waals surface area contributed by atoms with Crippen LogP contribution in [0.4, 0.5) is 13.2 Å². The molecule has 142 valence electrons. The summed E-state index contributed by atoms with van der Waals surface area (Å²) in [6.07, 6.45) is -4.08. The van der Waals surface area contributed by atoms with E-state index in [1.165, 1.54) is 14.0 Å². The van der Waals surface area contributed by atoms with Crippen molar-refractivity contribution in [3.05, 3.63) is 28.3 Å². The van der Waals surface area contributed by atoms with Crippen molar-refractivity contribution < 1.29 is 32.3 Å². The van der Waals surface area contributed by atoms with Crippen LogP contribution in [-0.2, 0) is 10.9 Å². The van der Waals surface area contributed by atoms with E-state index in [1.54, 1.807) is 12.1 Å². The maximum absolute atomic E-state index is 12.8. The fraction of sp³-hybridized carbons (Fsp3) is 0.529. The summed E-state index contributed by atoms with van der Waals surface area (Å²) in [6, 6.07) is 3.15. The van der Waals surface area contributed by atoms with Crippen molar-refractivity contribution in [3.63, 3.8) is 0 Å². The standard InChI is InChI=1S/C17H18F3NO4S/c1-8-14(21-25-16(8)17(18,19)20)12-5-6-13(26-12)15(23)9-3-4-11(24-2)10(22)7-9/h5-6,9-11,22H,3-4,7H2,1-2H3/t9?,10-,11+/m1/s1. The van der Waals surface area contributed by atoms with Crippen LogP contribution >= 0.6 is 11.3 Å². The molecule has 0 aliphatic heterocycles. The number of aliphatic hydroxyl groups excluding tert-OH is 1. The minimum absolute atomic E-state index is 0.0875. The summed E-state index contributed by atoms with van der Waals surface area (Å²) in [5, 5.41) is 13.5. The second-order valence-electron chi connectivity index (χ2n) is 6.36. The molecule has 9 heteroatoms. The normalized spacial score (nSPS) is 24.0. The van der Waals surface area contributed by atoms with Crippen LogP contribution < -0.4 is 0 Å². The third-order valence-corrected chi connectivity index (χ3v) is 5.80. The monoisotopic (exact) mass is 389 g/mol. The maximum atomic E-state index is 12.8. The number of alkyl halides is 3. The molecule has 0 bridgehead atoms. The molecule has 0 saturated heterocycles. The molecular weight excluding hydrogens is 371 g/mol. The predicted octanol–water partition coefficient (Wildman–Crippen LogP) is 4.09. The number of aromatic nitrogens is 1. The first kappa shape index (κ1) is 19.1. The Bertz CT molecular complexity index is 798. The van der Waals surface area contributed by atoms with Crippen LogP contribution in [0.1, 0.15) is 40.3 Å². The second kappa shape index (κ2) is 7.13.